The molecule has 1 unspecified atom stereocenters. The zero-order valence-corrected chi connectivity index (χ0v) is 16.3. The average molecular weight is 435 g/mol. The molecule has 1 heteroatoms. The predicted molar refractivity (Wildman–Crippen MR) is 133 cm³/mol. The van der Waals surface area contributed by atoms with Gasteiger partial charge < -0.3 is 0 Å². The number of hydrogen-bond donors (Lipinski definition) is 0. The van der Waals surface area contributed by atoms with Crippen molar-refractivity contribution in [2.24, 2.45) is 0 Å². The third-order valence-electron chi connectivity index (χ3n) is 4.79. The molecule has 1 atom stereocenters. The van der Waals surface area contributed by atoms with Crippen molar-refractivity contribution in [1.82, 2.24) is 0 Å². The van der Waals surface area contributed by atoms with Crippen LogP contribution in [0.25, 0.3) is 21.9 Å². The maximum Gasteiger partial charge on any atom is 0.0632 e. The molecule has 0 fully saturated rings. The average Bonchev–Trinajstić information content (AvgIpc) is 3.05. The van der Waals surface area contributed by atoms with Gasteiger partial charge in [-0.05, 0) is 45.3 Å². The highest BCUT2D eigenvalue weighted by atomic mass is 31.1. The lowest BCUT2D eigenvalue weighted by molar-refractivity contribution is 0.679. The van der Waals surface area contributed by atoms with Crippen LogP contribution < -0.4 is 5.30 Å². The van der Waals surface area contributed by atoms with E-state index in [-0.39, 0.29) is 0 Å². The van der Waals surface area contributed by atoms with Crippen molar-refractivity contribution < 1.29 is 35.6 Å². The zero-order chi connectivity index (χ0) is 43.3. The van der Waals surface area contributed by atoms with Crippen molar-refractivity contribution >= 4 is 24.0 Å². The lowest BCUT2D eigenvalue weighted by Gasteiger charge is -2.51. The fraction of sp³-hybridized carbons (Fsp3) is 0.241. The predicted octanol–water partition coefficient (Wildman–Crippen LogP) is 8.11. The molecule has 0 spiro atoms. The number of benzene rings is 4. The molecule has 0 bridgehead atoms. The number of rotatable bonds is 2. The van der Waals surface area contributed by atoms with E-state index in [0.29, 0.717) is 0 Å². The molecule has 0 aromatic heterocycles. The van der Waals surface area contributed by atoms with Crippen LogP contribution in [0, 0.1) is 6.92 Å². The molecule has 0 amide bonds. The lowest BCUT2D eigenvalue weighted by Crippen LogP contribution is -2.36. The normalized spacial score (nSPS) is 33.2. The van der Waals surface area contributed by atoms with Gasteiger partial charge >= 0.3 is 0 Å². The Labute approximate surface area is 218 Å². The summed E-state index contributed by atoms with van der Waals surface area (Å²) in [6.07, 6.45) is 0. The molecule has 0 nitrogen and oxygen atoms in total. The quantitative estimate of drug-likeness (QED) is 0.280. The van der Waals surface area contributed by atoms with Gasteiger partial charge in [0.2, 0.25) is 0 Å². The van der Waals surface area contributed by atoms with Gasteiger partial charge in [0.05, 0.1) is 19.2 Å². The van der Waals surface area contributed by atoms with Crippen LogP contribution >= 0.6 is 7.92 Å². The minimum Gasteiger partial charge on any atom is -0.0622 e. The first-order chi connectivity index (χ1) is 25.1. The van der Waals surface area contributed by atoms with E-state index in [1.807, 2.05) is 0 Å². The van der Waals surface area contributed by atoms with Gasteiger partial charge in [-0.15, -0.1) is 0 Å². The van der Waals surface area contributed by atoms with E-state index in [1.54, 1.807) is 0 Å². The molecule has 0 saturated heterocycles. The summed E-state index contributed by atoms with van der Waals surface area (Å²) < 4.78 is 231. The summed E-state index contributed by atoms with van der Waals surface area (Å²) in [4.78, 5) is 0. The third-order valence-corrected chi connectivity index (χ3v) is 7.36. The highest BCUT2D eigenvalue weighted by molar-refractivity contribution is 7.68. The maximum atomic E-state index is 9.26. The largest absolute Gasteiger partial charge is 0.0632 e. The van der Waals surface area contributed by atoms with E-state index in [1.165, 1.54) is 0 Å². The Hall–Kier alpha value is -2.43. The Bertz CT molecular complexity index is 2230. The van der Waals surface area contributed by atoms with E-state index >= 15 is 0 Å². The fourth-order valence-electron chi connectivity index (χ4n) is 3.60. The van der Waals surface area contributed by atoms with Crippen molar-refractivity contribution in [1.29, 1.82) is 0 Å². The second kappa shape index (κ2) is 6.79. The van der Waals surface area contributed by atoms with Crippen LogP contribution in [-0.4, -0.2) is 0 Å². The summed E-state index contributed by atoms with van der Waals surface area (Å²) in [5, 5.41) is -11.5. The smallest absolute Gasteiger partial charge is 0.0622 e. The second-order valence-corrected chi connectivity index (χ2v) is 9.19. The van der Waals surface area contributed by atoms with E-state index in [0.717, 1.165) is 6.92 Å². The van der Waals surface area contributed by atoms with E-state index < -0.39 is 174 Å². The molecule has 0 radical (unpaired) electrons. The molecular weight excluding hydrogens is 379 g/mol. The van der Waals surface area contributed by atoms with E-state index in [9.17, 15) is 2.74 Å². The van der Waals surface area contributed by atoms with Crippen molar-refractivity contribution in [3.8, 4) is 11.1 Å². The van der Waals surface area contributed by atoms with Crippen molar-refractivity contribution in [3.63, 3.8) is 0 Å². The van der Waals surface area contributed by atoms with E-state index in [4.69, 9.17) is 32.9 Å². The van der Waals surface area contributed by atoms with Crippen molar-refractivity contribution in [2.45, 2.75) is 44.6 Å². The minimum absolute atomic E-state index is 0.520. The summed E-state index contributed by atoms with van der Waals surface area (Å²) in [6, 6.07) is -16.4. The molecule has 1 aliphatic heterocycles. The third kappa shape index (κ3) is 2.78. The van der Waals surface area contributed by atoms with Crippen LogP contribution in [0.3, 0.4) is 0 Å². The van der Waals surface area contributed by atoms with Crippen LogP contribution in [0.4, 0.5) is 0 Å². The molecule has 1 aliphatic rings. The Kier molecular flexibility index (Phi) is 1.33. The Morgan fingerprint density at radius 1 is 0.733 bits per heavy atom. The highest BCUT2D eigenvalue weighted by Gasteiger charge is 2.49. The molecular formula is C29H29P. The van der Waals surface area contributed by atoms with E-state index in [2.05, 4.69) is 0 Å². The SMILES string of the molecule is [2H]c1c([2H])c([2H])c(-c2c([2H])c([2H])c([2H])c([2H])c2P2C(C([2H])([2H])[2H])(C([2H])([2H])[2H])c3c([2H])c([2H])c([2H])c4c([2H])c(C)c([2H])c(c34)C2(C([2H])([2H])[2H])C([2H])([2H])[2H])c([2H])c1[2H]. The van der Waals surface area contributed by atoms with Crippen LogP contribution in [0.1, 0.15) is 79.7 Å². The van der Waals surface area contributed by atoms with Crippen LogP contribution in [-0.2, 0) is 10.3 Å². The van der Waals surface area contributed by atoms with Gasteiger partial charge in [-0.3, -0.25) is 0 Å². The molecule has 5 rings (SSSR count). The monoisotopic (exact) mass is 434 g/mol. The lowest BCUT2D eigenvalue weighted by atomic mass is 9.85. The van der Waals surface area contributed by atoms with Gasteiger partial charge in [0.25, 0.3) is 0 Å². The molecule has 4 aromatic carbocycles. The minimum atomic E-state index is -4.61. The van der Waals surface area contributed by atoms with Crippen molar-refractivity contribution in [3.05, 3.63) is 101 Å². The van der Waals surface area contributed by atoms with Crippen LogP contribution in [0.2, 0.25) is 0 Å². The summed E-state index contributed by atoms with van der Waals surface area (Å²) in [6.45, 7) is -15.9. The first-order valence-electron chi connectivity index (χ1n) is 21.7. The van der Waals surface area contributed by atoms with Gasteiger partial charge in [0.15, 0.2) is 0 Å². The van der Waals surface area contributed by atoms with Gasteiger partial charge in [-0.2, -0.15) is 0 Å². The summed E-state index contributed by atoms with van der Waals surface area (Å²) in [7, 11) is -4.61. The van der Waals surface area contributed by atoms with Crippen LogP contribution in [0.15, 0.2) is 84.6 Å². The Morgan fingerprint density at radius 2 is 1.43 bits per heavy atom. The van der Waals surface area contributed by atoms with Crippen molar-refractivity contribution in [2.75, 3.05) is 0 Å². The molecule has 1 heterocycles. The molecule has 150 valence electrons. The number of hydrogen-bond acceptors (Lipinski definition) is 0. The molecule has 4 aromatic rings. The summed E-state index contributed by atoms with van der Waals surface area (Å²) in [5.74, 6) is 0. The molecule has 30 heavy (non-hydrogen) atoms. The molecule has 0 N–H and O–H groups in total. The summed E-state index contributed by atoms with van der Waals surface area (Å²) >= 11 is 0. The zero-order valence-electron chi connectivity index (χ0n) is 41.4. The maximum absolute atomic E-state index is 9.26. The molecule has 0 aliphatic carbocycles. The Morgan fingerprint density at radius 3 is 2.20 bits per heavy atom. The molecule has 0 saturated carbocycles. The van der Waals surface area contributed by atoms with Gasteiger partial charge in [0, 0.05) is 26.8 Å². The second-order valence-electron chi connectivity index (χ2n) is 6.73. The van der Waals surface area contributed by atoms with Crippen LogP contribution in [0.5, 0.6) is 0 Å². The topological polar surface area (TPSA) is 0 Å². The standard InChI is InChI=1S/C29H29P/c1-20-18-22-14-11-16-24-27(22)25(19-20)29(4,5)30(28(24,2)3)26-17-10-9-15-23(26)21-12-7-6-8-13-21/h6-19H,1-5H3/i2D3,3D3,4D3,5D3,6D,7D,8D,9D,10D,11D,12D,13D,14D,15D,16D,17D,18D,19D. The Balaban J connectivity index is 2.44. The first-order valence-corrected chi connectivity index (χ1v) is 10.0. The van der Waals surface area contributed by atoms with Gasteiger partial charge in [-0.25, -0.2) is 0 Å². The van der Waals surface area contributed by atoms with Gasteiger partial charge in [0.1, 0.15) is 0 Å². The first kappa shape index (κ1) is 5.87. The fourth-order valence-corrected chi connectivity index (χ4v) is 6.12. The summed E-state index contributed by atoms with van der Waals surface area (Å²) in [5.41, 5.74) is -5.37. The highest BCUT2D eigenvalue weighted by Crippen LogP contribution is 2.71. The van der Waals surface area contributed by atoms with Gasteiger partial charge in [-0.1, -0.05) is 125 Å².